The van der Waals surface area contributed by atoms with E-state index in [2.05, 4.69) is 4.74 Å². The topological polar surface area (TPSA) is 92.8 Å². The summed E-state index contributed by atoms with van der Waals surface area (Å²) in [6.45, 7) is 1.31. The lowest BCUT2D eigenvalue weighted by molar-refractivity contribution is 0.00326. The van der Waals surface area contributed by atoms with E-state index in [4.69, 9.17) is 15.9 Å². The molecular formula is C6H13NO4. The Balaban J connectivity index is 3.79. The number of hydrogen-bond acceptors (Lipinski definition) is 4. The van der Waals surface area contributed by atoms with Crippen molar-refractivity contribution in [2.75, 3.05) is 6.61 Å². The van der Waals surface area contributed by atoms with Crippen molar-refractivity contribution in [2.45, 2.75) is 25.6 Å². The van der Waals surface area contributed by atoms with Crippen LogP contribution in [0.25, 0.3) is 0 Å². The highest BCUT2D eigenvalue weighted by molar-refractivity contribution is 5.64. The maximum absolute atomic E-state index is 10.2. The second-order valence-corrected chi connectivity index (χ2v) is 2.23. The van der Waals surface area contributed by atoms with Crippen molar-refractivity contribution < 1.29 is 19.7 Å². The van der Waals surface area contributed by atoms with Crippen LogP contribution in [0.5, 0.6) is 0 Å². The zero-order chi connectivity index (χ0) is 8.85. The summed E-state index contributed by atoms with van der Waals surface area (Å²) in [5.41, 5.74) is 4.71. The monoisotopic (exact) mass is 163 g/mol. The summed E-state index contributed by atoms with van der Waals surface area (Å²) in [6.07, 6.45) is -2.27. The standard InChI is InChI=1S/C6H13NO4/c1-4(9)5(2-3-8)11-6(7)10/h4-5,8-9H,2-3H2,1H3,(H2,7,10). The first-order chi connectivity index (χ1) is 5.07. The van der Waals surface area contributed by atoms with E-state index >= 15 is 0 Å². The van der Waals surface area contributed by atoms with Crippen LogP contribution in [0.3, 0.4) is 0 Å². The molecule has 0 aliphatic heterocycles. The van der Waals surface area contributed by atoms with Crippen LogP contribution in [0.15, 0.2) is 0 Å². The fraction of sp³-hybridized carbons (Fsp3) is 0.833. The summed E-state index contributed by atoms with van der Waals surface area (Å²) in [6, 6.07) is 0. The maximum Gasteiger partial charge on any atom is 0.404 e. The number of primary amides is 1. The molecule has 1 amide bonds. The van der Waals surface area contributed by atoms with E-state index in [1.807, 2.05) is 0 Å². The first kappa shape index (κ1) is 10.2. The molecule has 5 nitrogen and oxygen atoms in total. The van der Waals surface area contributed by atoms with Gasteiger partial charge in [0.1, 0.15) is 6.10 Å². The van der Waals surface area contributed by atoms with Crippen molar-refractivity contribution in [1.29, 1.82) is 0 Å². The van der Waals surface area contributed by atoms with Gasteiger partial charge < -0.3 is 20.7 Å². The number of nitrogens with two attached hydrogens (primary N) is 1. The predicted molar refractivity (Wildman–Crippen MR) is 37.8 cm³/mol. The van der Waals surface area contributed by atoms with Crippen molar-refractivity contribution in [2.24, 2.45) is 5.73 Å². The van der Waals surface area contributed by atoms with Gasteiger partial charge in [-0.2, -0.15) is 0 Å². The molecule has 4 N–H and O–H groups in total. The van der Waals surface area contributed by atoms with Crippen LogP contribution >= 0.6 is 0 Å². The molecule has 0 bridgehead atoms. The van der Waals surface area contributed by atoms with Gasteiger partial charge in [0.15, 0.2) is 0 Å². The van der Waals surface area contributed by atoms with Gasteiger partial charge in [-0.3, -0.25) is 0 Å². The molecule has 0 spiro atoms. The quantitative estimate of drug-likeness (QED) is 0.506. The molecule has 0 radical (unpaired) electrons. The summed E-state index contributed by atoms with van der Waals surface area (Å²) in [7, 11) is 0. The number of carbonyl (C=O) groups excluding carboxylic acids is 1. The maximum atomic E-state index is 10.2. The van der Waals surface area contributed by atoms with Gasteiger partial charge in [0, 0.05) is 13.0 Å². The molecule has 11 heavy (non-hydrogen) atoms. The summed E-state index contributed by atoms with van der Waals surface area (Å²) < 4.78 is 4.48. The summed E-state index contributed by atoms with van der Waals surface area (Å²) in [5, 5.41) is 17.4. The van der Waals surface area contributed by atoms with Gasteiger partial charge in [-0.25, -0.2) is 4.79 Å². The summed E-state index contributed by atoms with van der Waals surface area (Å²) >= 11 is 0. The first-order valence-corrected chi connectivity index (χ1v) is 3.33. The zero-order valence-corrected chi connectivity index (χ0v) is 6.36. The molecule has 5 heteroatoms. The van der Waals surface area contributed by atoms with Crippen molar-refractivity contribution in [1.82, 2.24) is 0 Å². The molecule has 0 saturated carbocycles. The smallest absolute Gasteiger partial charge is 0.404 e. The van der Waals surface area contributed by atoms with Crippen molar-refractivity contribution in [3.05, 3.63) is 0 Å². The normalized spacial score (nSPS) is 15.5. The van der Waals surface area contributed by atoms with Crippen LogP contribution < -0.4 is 5.73 Å². The Kier molecular flexibility index (Phi) is 4.56. The molecule has 0 saturated heterocycles. The molecule has 0 rings (SSSR count). The van der Waals surface area contributed by atoms with Crippen LogP contribution in [0, 0.1) is 0 Å². The van der Waals surface area contributed by atoms with Crippen molar-refractivity contribution >= 4 is 6.09 Å². The Bertz CT molecular complexity index is 126. The fourth-order valence-electron chi connectivity index (χ4n) is 0.675. The minimum atomic E-state index is -0.940. The van der Waals surface area contributed by atoms with Gasteiger partial charge in [0.25, 0.3) is 0 Å². The number of hydrogen-bond donors (Lipinski definition) is 3. The van der Waals surface area contributed by atoms with E-state index in [9.17, 15) is 4.79 Å². The Labute approximate surface area is 64.8 Å². The van der Waals surface area contributed by atoms with Crippen LogP contribution in [0.4, 0.5) is 4.79 Å². The Morgan fingerprint density at radius 2 is 2.27 bits per heavy atom. The number of ether oxygens (including phenoxy) is 1. The predicted octanol–water partition coefficient (Wildman–Crippen LogP) is -0.787. The van der Waals surface area contributed by atoms with Crippen LogP contribution in [-0.2, 0) is 4.74 Å². The van der Waals surface area contributed by atoms with E-state index in [1.165, 1.54) is 6.92 Å². The van der Waals surface area contributed by atoms with Crippen LogP contribution in [0.2, 0.25) is 0 Å². The Morgan fingerprint density at radius 3 is 2.55 bits per heavy atom. The number of amides is 1. The van der Waals surface area contributed by atoms with E-state index in [-0.39, 0.29) is 13.0 Å². The number of aliphatic hydroxyl groups excluding tert-OH is 2. The fourth-order valence-corrected chi connectivity index (χ4v) is 0.675. The lowest BCUT2D eigenvalue weighted by atomic mass is 10.2. The zero-order valence-electron chi connectivity index (χ0n) is 6.36. The molecule has 0 aliphatic rings. The van der Waals surface area contributed by atoms with Gasteiger partial charge in [0.2, 0.25) is 0 Å². The van der Waals surface area contributed by atoms with E-state index in [0.29, 0.717) is 0 Å². The highest BCUT2D eigenvalue weighted by Crippen LogP contribution is 2.03. The molecule has 66 valence electrons. The Morgan fingerprint density at radius 1 is 1.73 bits per heavy atom. The third-order valence-electron chi connectivity index (χ3n) is 1.22. The van der Waals surface area contributed by atoms with Crippen LogP contribution in [0.1, 0.15) is 13.3 Å². The molecule has 2 atom stereocenters. The molecule has 2 unspecified atom stereocenters. The van der Waals surface area contributed by atoms with E-state index in [0.717, 1.165) is 0 Å². The summed E-state index contributed by atoms with van der Waals surface area (Å²) in [4.78, 5) is 10.2. The van der Waals surface area contributed by atoms with Gasteiger partial charge in [-0.15, -0.1) is 0 Å². The minimum Gasteiger partial charge on any atom is -0.444 e. The molecule has 0 heterocycles. The third kappa shape index (κ3) is 4.58. The molecule has 0 aromatic carbocycles. The molecule has 0 aromatic heterocycles. The number of rotatable bonds is 4. The number of aliphatic hydroxyl groups is 2. The van der Waals surface area contributed by atoms with E-state index < -0.39 is 18.3 Å². The molecule has 0 aliphatic carbocycles. The summed E-state index contributed by atoms with van der Waals surface area (Å²) in [5.74, 6) is 0. The largest absolute Gasteiger partial charge is 0.444 e. The highest BCUT2D eigenvalue weighted by Gasteiger charge is 2.17. The second kappa shape index (κ2) is 4.92. The molecule has 0 fully saturated rings. The number of carbonyl (C=O) groups is 1. The first-order valence-electron chi connectivity index (χ1n) is 3.33. The van der Waals surface area contributed by atoms with Gasteiger partial charge in [-0.05, 0) is 6.92 Å². The Hall–Kier alpha value is -0.810. The minimum absolute atomic E-state index is 0.150. The molecule has 0 aromatic rings. The third-order valence-corrected chi connectivity index (χ3v) is 1.22. The van der Waals surface area contributed by atoms with Crippen molar-refractivity contribution in [3.8, 4) is 0 Å². The lowest BCUT2D eigenvalue weighted by Gasteiger charge is -2.17. The van der Waals surface area contributed by atoms with E-state index in [1.54, 1.807) is 0 Å². The highest BCUT2D eigenvalue weighted by atomic mass is 16.6. The van der Waals surface area contributed by atoms with Gasteiger partial charge in [0.05, 0.1) is 6.10 Å². The van der Waals surface area contributed by atoms with Gasteiger partial charge >= 0.3 is 6.09 Å². The van der Waals surface area contributed by atoms with Crippen LogP contribution in [-0.4, -0.2) is 35.1 Å². The van der Waals surface area contributed by atoms with Gasteiger partial charge in [-0.1, -0.05) is 0 Å². The molecular weight excluding hydrogens is 150 g/mol. The average Bonchev–Trinajstić information content (AvgIpc) is 1.86. The van der Waals surface area contributed by atoms with Crippen molar-refractivity contribution in [3.63, 3.8) is 0 Å². The lowest BCUT2D eigenvalue weighted by Crippen LogP contribution is -2.32. The average molecular weight is 163 g/mol. The second-order valence-electron chi connectivity index (χ2n) is 2.23. The SMILES string of the molecule is CC(O)C(CCO)OC(N)=O.